The van der Waals surface area contributed by atoms with E-state index in [4.69, 9.17) is 20.8 Å². The summed E-state index contributed by atoms with van der Waals surface area (Å²) in [5.74, 6) is 0.166. The first-order chi connectivity index (χ1) is 16.3. The number of furan rings is 1. The molecule has 0 unspecified atom stereocenters. The number of benzene rings is 2. The topological polar surface area (TPSA) is 112 Å². The first-order valence-electron chi connectivity index (χ1n) is 10.0. The molecule has 11 heteroatoms. The van der Waals surface area contributed by atoms with Crippen LogP contribution in [0.1, 0.15) is 27.4 Å². The SMILES string of the molecule is Cc1cc(OCc2ccc(C(=O)Nc3ccn(Cc4c(F)cccc4Cl)n3)o2)ccc1[N+](=O)[O-]. The van der Waals surface area contributed by atoms with Crippen molar-refractivity contribution in [2.24, 2.45) is 0 Å². The first kappa shape index (κ1) is 23.0. The number of ether oxygens (including phenoxy) is 1. The number of nitrogens with one attached hydrogen (secondary N) is 1. The molecule has 1 amide bonds. The fourth-order valence-corrected chi connectivity index (χ4v) is 3.42. The summed E-state index contributed by atoms with van der Waals surface area (Å²) < 4.78 is 26.5. The van der Waals surface area contributed by atoms with Crippen LogP contribution >= 0.6 is 11.6 Å². The molecule has 4 rings (SSSR count). The number of halogens is 2. The average Bonchev–Trinajstić information content (AvgIpc) is 3.44. The molecule has 4 aromatic rings. The molecule has 0 aliphatic heterocycles. The van der Waals surface area contributed by atoms with Crippen LogP contribution in [0.2, 0.25) is 5.02 Å². The largest absolute Gasteiger partial charge is 0.486 e. The third-order valence-electron chi connectivity index (χ3n) is 4.90. The molecule has 2 aromatic carbocycles. The smallest absolute Gasteiger partial charge is 0.292 e. The molecule has 0 spiro atoms. The van der Waals surface area contributed by atoms with Crippen molar-refractivity contribution >= 4 is 29.0 Å². The number of anilines is 1. The molecular weight excluding hydrogens is 467 g/mol. The Morgan fingerprint density at radius 1 is 1.26 bits per heavy atom. The highest BCUT2D eigenvalue weighted by atomic mass is 35.5. The lowest BCUT2D eigenvalue weighted by atomic mass is 10.2. The zero-order valence-electron chi connectivity index (χ0n) is 17.8. The van der Waals surface area contributed by atoms with Gasteiger partial charge in [0.1, 0.15) is 23.9 Å². The van der Waals surface area contributed by atoms with Crippen LogP contribution in [0.25, 0.3) is 0 Å². The summed E-state index contributed by atoms with van der Waals surface area (Å²) in [6.45, 7) is 1.75. The van der Waals surface area contributed by atoms with Crippen molar-refractivity contribution in [3.8, 4) is 5.75 Å². The van der Waals surface area contributed by atoms with E-state index in [1.165, 1.54) is 35.0 Å². The molecule has 0 aliphatic carbocycles. The van der Waals surface area contributed by atoms with E-state index in [1.807, 2.05) is 0 Å². The van der Waals surface area contributed by atoms with Gasteiger partial charge in [0.2, 0.25) is 0 Å². The van der Waals surface area contributed by atoms with E-state index in [0.29, 0.717) is 22.6 Å². The van der Waals surface area contributed by atoms with Crippen molar-refractivity contribution < 1.29 is 23.3 Å². The number of hydrogen-bond acceptors (Lipinski definition) is 6. The van der Waals surface area contributed by atoms with E-state index in [9.17, 15) is 19.3 Å². The van der Waals surface area contributed by atoms with Crippen LogP contribution in [-0.4, -0.2) is 20.6 Å². The maximum Gasteiger partial charge on any atom is 0.292 e. The molecule has 9 nitrogen and oxygen atoms in total. The highest BCUT2D eigenvalue weighted by Crippen LogP contribution is 2.24. The van der Waals surface area contributed by atoms with Crippen LogP contribution < -0.4 is 10.1 Å². The molecule has 0 radical (unpaired) electrons. The highest BCUT2D eigenvalue weighted by molar-refractivity contribution is 6.31. The fourth-order valence-electron chi connectivity index (χ4n) is 3.19. The van der Waals surface area contributed by atoms with Gasteiger partial charge in [-0.15, -0.1) is 0 Å². The van der Waals surface area contributed by atoms with Gasteiger partial charge in [0.15, 0.2) is 11.6 Å². The van der Waals surface area contributed by atoms with Crippen LogP contribution in [0, 0.1) is 22.9 Å². The summed E-state index contributed by atoms with van der Waals surface area (Å²) >= 11 is 6.04. The predicted molar refractivity (Wildman–Crippen MR) is 122 cm³/mol. The lowest BCUT2D eigenvalue weighted by Crippen LogP contribution is -2.12. The molecule has 0 fully saturated rings. The Bertz CT molecular complexity index is 1350. The molecule has 0 saturated carbocycles. The lowest BCUT2D eigenvalue weighted by Gasteiger charge is -2.06. The zero-order chi connectivity index (χ0) is 24.2. The van der Waals surface area contributed by atoms with Gasteiger partial charge in [-0.1, -0.05) is 17.7 Å². The molecule has 174 valence electrons. The minimum atomic E-state index is -0.522. The lowest BCUT2D eigenvalue weighted by molar-refractivity contribution is -0.385. The maximum absolute atomic E-state index is 14.0. The monoisotopic (exact) mass is 484 g/mol. The molecule has 34 heavy (non-hydrogen) atoms. The standard InChI is InChI=1S/C23H18ClFN4O5/c1-14-11-15(5-7-20(14)29(31)32)33-13-16-6-8-21(34-16)23(30)26-22-9-10-28(27-22)12-17-18(24)3-2-4-19(17)25/h2-11H,12-13H2,1H3,(H,26,27,30). The van der Waals surface area contributed by atoms with Crippen molar-refractivity contribution in [1.29, 1.82) is 0 Å². The number of amides is 1. The van der Waals surface area contributed by atoms with Gasteiger partial charge in [-0.25, -0.2) is 4.39 Å². The van der Waals surface area contributed by atoms with E-state index in [0.717, 1.165) is 0 Å². The van der Waals surface area contributed by atoms with Gasteiger partial charge >= 0.3 is 0 Å². The third kappa shape index (κ3) is 5.24. The summed E-state index contributed by atoms with van der Waals surface area (Å²) in [6, 6.07) is 13.5. The average molecular weight is 485 g/mol. The van der Waals surface area contributed by atoms with Gasteiger partial charge in [0.05, 0.1) is 11.5 Å². The first-order valence-corrected chi connectivity index (χ1v) is 10.4. The van der Waals surface area contributed by atoms with E-state index in [-0.39, 0.29) is 35.4 Å². The summed E-state index contributed by atoms with van der Waals surface area (Å²) in [5, 5.41) is 18.0. The third-order valence-corrected chi connectivity index (χ3v) is 5.25. The summed E-state index contributed by atoms with van der Waals surface area (Å²) in [6.07, 6.45) is 1.59. The number of carbonyl (C=O) groups excluding carboxylic acids is 1. The minimum Gasteiger partial charge on any atom is -0.486 e. The number of nitrogens with zero attached hydrogens (tertiary/aromatic N) is 3. The van der Waals surface area contributed by atoms with Crippen LogP contribution in [0.15, 0.2) is 65.2 Å². The van der Waals surface area contributed by atoms with E-state index < -0.39 is 16.6 Å². The number of carbonyl (C=O) groups is 1. The molecule has 2 heterocycles. The highest BCUT2D eigenvalue weighted by Gasteiger charge is 2.15. The van der Waals surface area contributed by atoms with Gasteiger partial charge in [0.25, 0.3) is 11.6 Å². The molecule has 2 aromatic heterocycles. The van der Waals surface area contributed by atoms with Crippen LogP contribution in [0.5, 0.6) is 5.75 Å². The number of nitro groups is 1. The van der Waals surface area contributed by atoms with Crippen LogP contribution in [-0.2, 0) is 13.2 Å². The van der Waals surface area contributed by atoms with Gasteiger partial charge < -0.3 is 14.5 Å². The van der Waals surface area contributed by atoms with Gasteiger partial charge in [-0.05, 0) is 43.3 Å². The quantitative estimate of drug-likeness (QED) is 0.266. The van der Waals surface area contributed by atoms with Crippen LogP contribution in [0.4, 0.5) is 15.9 Å². The van der Waals surface area contributed by atoms with E-state index >= 15 is 0 Å². The molecule has 1 N–H and O–H groups in total. The van der Waals surface area contributed by atoms with Crippen molar-refractivity contribution in [2.45, 2.75) is 20.1 Å². The van der Waals surface area contributed by atoms with Crippen molar-refractivity contribution in [2.75, 3.05) is 5.32 Å². The maximum atomic E-state index is 14.0. The van der Waals surface area contributed by atoms with Gasteiger partial charge in [-0.3, -0.25) is 19.6 Å². The summed E-state index contributed by atoms with van der Waals surface area (Å²) in [7, 11) is 0. The number of rotatable bonds is 8. The Morgan fingerprint density at radius 3 is 2.82 bits per heavy atom. The Labute approximate surface area is 197 Å². The van der Waals surface area contributed by atoms with Crippen LogP contribution in [0.3, 0.4) is 0 Å². The van der Waals surface area contributed by atoms with Crippen molar-refractivity contribution in [1.82, 2.24) is 9.78 Å². The van der Waals surface area contributed by atoms with Crippen molar-refractivity contribution in [3.05, 3.63) is 104 Å². The zero-order valence-corrected chi connectivity index (χ0v) is 18.6. The number of aromatic nitrogens is 2. The second-order valence-electron chi connectivity index (χ2n) is 7.31. The molecule has 0 aliphatic rings. The van der Waals surface area contributed by atoms with E-state index in [2.05, 4.69) is 10.4 Å². The Hall–Kier alpha value is -4.18. The molecule has 0 atom stereocenters. The number of nitro benzene ring substituents is 1. The minimum absolute atomic E-state index is 0.00347. The normalized spacial score (nSPS) is 10.8. The van der Waals surface area contributed by atoms with Gasteiger partial charge in [0, 0.05) is 34.5 Å². The molecule has 0 bridgehead atoms. The van der Waals surface area contributed by atoms with E-state index in [1.54, 1.807) is 37.4 Å². The number of hydrogen-bond donors (Lipinski definition) is 1. The summed E-state index contributed by atoms with van der Waals surface area (Å²) in [5.41, 5.74) is 0.770. The number of aryl methyl sites for hydroxylation is 1. The predicted octanol–water partition coefficient (Wildman–Crippen LogP) is 5.36. The summed E-state index contributed by atoms with van der Waals surface area (Å²) in [4.78, 5) is 22.9. The van der Waals surface area contributed by atoms with Crippen molar-refractivity contribution in [3.63, 3.8) is 0 Å². The molecule has 0 saturated heterocycles. The second-order valence-corrected chi connectivity index (χ2v) is 7.72. The Balaban J connectivity index is 1.35. The van der Waals surface area contributed by atoms with Gasteiger partial charge in [-0.2, -0.15) is 5.10 Å². The Morgan fingerprint density at radius 2 is 2.09 bits per heavy atom. The Kier molecular flexibility index (Phi) is 6.60. The second kappa shape index (κ2) is 9.75. The molecular formula is C23H18ClFN4O5. The fraction of sp³-hybridized carbons (Fsp3) is 0.130.